The number of halogens is 3. The molecule has 0 bridgehead atoms. The average molecular weight is 465 g/mol. The Kier molecular flexibility index (Phi) is 6.20. The van der Waals surface area contributed by atoms with Crippen molar-refractivity contribution in [3.8, 4) is 5.75 Å². The Morgan fingerprint density at radius 1 is 1.21 bits per heavy atom. The number of imidazole rings is 1. The topological polar surface area (TPSA) is 50.6 Å². The number of fused-ring (bicyclic) bond motifs is 1. The van der Waals surface area contributed by atoms with Crippen LogP contribution < -0.4 is 4.74 Å². The first-order chi connectivity index (χ1) is 15.4. The number of nitrogens with zero attached hydrogens (tertiary/aromatic N) is 4. The summed E-state index contributed by atoms with van der Waals surface area (Å²) in [5.74, 6) is 1.03. The van der Waals surface area contributed by atoms with Gasteiger partial charge in [-0.25, -0.2) is 4.98 Å². The van der Waals surface area contributed by atoms with Crippen LogP contribution in [0, 0.1) is 23.2 Å². The molecule has 2 heterocycles. The van der Waals surface area contributed by atoms with Gasteiger partial charge in [0.05, 0.1) is 6.33 Å². The number of rotatable bonds is 7. The number of aromatic nitrogens is 2. The highest BCUT2D eigenvalue weighted by atomic mass is 19.4. The molecule has 2 aliphatic rings. The number of likely N-dealkylation sites (tertiary alicyclic amines) is 1. The normalized spacial score (nSPS) is 22.8. The van der Waals surface area contributed by atoms with Crippen molar-refractivity contribution in [1.82, 2.24) is 19.4 Å². The maximum absolute atomic E-state index is 13.2. The zero-order valence-electron chi connectivity index (χ0n) is 19.5. The van der Waals surface area contributed by atoms with Crippen LogP contribution in [0.1, 0.15) is 36.8 Å². The van der Waals surface area contributed by atoms with Gasteiger partial charge in [-0.1, -0.05) is 32.9 Å². The van der Waals surface area contributed by atoms with Gasteiger partial charge in [0.1, 0.15) is 11.4 Å². The molecule has 1 aromatic heterocycles. The largest absolute Gasteiger partial charge is 0.573 e. The highest BCUT2D eigenvalue weighted by Gasteiger charge is 2.56. The first kappa shape index (κ1) is 23.6. The Labute approximate surface area is 192 Å². The fourth-order valence-corrected chi connectivity index (χ4v) is 5.03. The molecule has 33 heavy (non-hydrogen) atoms. The highest BCUT2D eigenvalue weighted by Crippen LogP contribution is 2.52. The number of hydrogen-bond donors (Lipinski definition) is 0. The number of hydrogen-bond acceptors (Lipinski definition) is 4. The predicted molar refractivity (Wildman–Crippen MR) is 117 cm³/mol. The van der Waals surface area contributed by atoms with Crippen LogP contribution in [0.25, 0.3) is 0 Å². The average Bonchev–Trinajstić information content (AvgIpc) is 3.02. The van der Waals surface area contributed by atoms with E-state index in [0.717, 1.165) is 19.6 Å². The second-order valence-corrected chi connectivity index (χ2v) is 10.6. The zero-order valence-corrected chi connectivity index (χ0v) is 19.5. The van der Waals surface area contributed by atoms with Gasteiger partial charge in [0.25, 0.3) is 5.91 Å². The first-order valence-electron chi connectivity index (χ1n) is 11.2. The van der Waals surface area contributed by atoms with Crippen molar-refractivity contribution in [2.75, 3.05) is 26.2 Å². The SMILES string of the molecule is Cn1cnc(C(=O)N(Cc2cccc(OC(F)(F)F)c2)CC2C3CN(CC(C)(C)C)CC32)c1. The number of amides is 1. The molecule has 0 spiro atoms. The monoisotopic (exact) mass is 464 g/mol. The number of ether oxygens (including phenoxy) is 1. The molecular weight excluding hydrogens is 433 g/mol. The zero-order chi connectivity index (χ0) is 24.0. The van der Waals surface area contributed by atoms with Crippen molar-refractivity contribution in [3.05, 3.63) is 48.0 Å². The van der Waals surface area contributed by atoms with Crippen molar-refractivity contribution in [2.45, 2.75) is 33.7 Å². The van der Waals surface area contributed by atoms with Gasteiger partial charge < -0.3 is 19.1 Å². The van der Waals surface area contributed by atoms with E-state index in [1.807, 2.05) is 0 Å². The van der Waals surface area contributed by atoms with E-state index in [9.17, 15) is 18.0 Å². The van der Waals surface area contributed by atoms with Crippen LogP contribution in [-0.4, -0.2) is 57.8 Å². The first-order valence-corrected chi connectivity index (χ1v) is 11.2. The van der Waals surface area contributed by atoms with Crippen LogP contribution in [0.15, 0.2) is 36.8 Å². The molecule has 1 amide bonds. The van der Waals surface area contributed by atoms with Crippen molar-refractivity contribution in [3.63, 3.8) is 0 Å². The molecule has 0 N–H and O–H groups in total. The molecule has 2 atom stereocenters. The lowest BCUT2D eigenvalue weighted by atomic mass is 9.96. The van der Waals surface area contributed by atoms with E-state index in [0.29, 0.717) is 35.6 Å². The number of alkyl halides is 3. The lowest BCUT2D eigenvalue weighted by Gasteiger charge is -2.29. The van der Waals surface area contributed by atoms with E-state index in [1.54, 1.807) is 35.1 Å². The van der Waals surface area contributed by atoms with E-state index in [4.69, 9.17) is 0 Å². The summed E-state index contributed by atoms with van der Waals surface area (Å²) in [4.78, 5) is 21.6. The van der Waals surface area contributed by atoms with E-state index < -0.39 is 6.36 Å². The third-order valence-electron chi connectivity index (χ3n) is 6.29. The predicted octanol–water partition coefficient (Wildman–Crippen LogP) is 4.19. The minimum atomic E-state index is -4.76. The van der Waals surface area contributed by atoms with E-state index in [-0.39, 0.29) is 23.6 Å². The molecule has 1 aliphatic carbocycles. The lowest BCUT2D eigenvalue weighted by Crippen LogP contribution is -2.37. The molecular formula is C24H31F3N4O2. The summed E-state index contributed by atoms with van der Waals surface area (Å²) in [6, 6.07) is 5.82. The van der Waals surface area contributed by atoms with Gasteiger partial charge in [-0.15, -0.1) is 13.2 Å². The number of piperidine rings is 1. The minimum Gasteiger partial charge on any atom is -0.406 e. The summed E-state index contributed by atoms with van der Waals surface area (Å²) >= 11 is 0. The Morgan fingerprint density at radius 2 is 1.91 bits per heavy atom. The van der Waals surface area contributed by atoms with E-state index in [1.165, 1.54) is 18.2 Å². The van der Waals surface area contributed by atoms with Gasteiger partial charge >= 0.3 is 6.36 Å². The van der Waals surface area contributed by atoms with Crippen molar-refractivity contribution < 1.29 is 22.7 Å². The third kappa shape index (κ3) is 6.07. The molecule has 1 aliphatic heterocycles. The quantitative estimate of drug-likeness (QED) is 0.617. The van der Waals surface area contributed by atoms with E-state index >= 15 is 0 Å². The molecule has 2 fully saturated rings. The molecule has 2 aromatic rings. The number of carbonyl (C=O) groups excluding carboxylic acids is 1. The molecule has 1 saturated carbocycles. The molecule has 1 saturated heterocycles. The van der Waals surface area contributed by atoms with Crippen molar-refractivity contribution >= 4 is 5.91 Å². The fourth-order valence-electron chi connectivity index (χ4n) is 5.03. The minimum absolute atomic E-state index is 0.201. The second-order valence-electron chi connectivity index (χ2n) is 10.6. The van der Waals surface area contributed by atoms with Gasteiger partial charge in [0.15, 0.2) is 0 Å². The summed E-state index contributed by atoms with van der Waals surface area (Å²) in [5, 5.41) is 0. The number of benzene rings is 1. The summed E-state index contributed by atoms with van der Waals surface area (Å²) in [7, 11) is 1.79. The van der Waals surface area contributed by atoms with E-state index in [2.05, 4.69) is 35.4 Å². The summed E-state index contributed by atoms with van der Waals surface area (Å²) in [6.07, 6.45) is -1.52. The maximum atomic E-state index is 13.2. The van der Waals surface area contributed by atoms with Crippen LogP contribution in [0.5, 0.6) is 5.75 Å². The Morgan fingerprint density at radius 3 is 2.48 bits per heavy atom. The second kappa shape index (κ2) is 8.66. The van der Waals surface area contributed by atoms with Gasteiger partial charge in [0, 0.05) is 46.0 Å². The van der Waals surface area contributed by atoms with Crippen LogP contribution in [0.4, 0.5) is 13.2 Å². The number of aryl methyl sites for hydroxylation is 1. The van der Waals surface area contributed by atoms with Crippen molar-refractivity contribution in [2.24, 2.45) is 30.2 Å². The molecule has 1 aromatic carbocycles. The summed E-state index contributed by atoms with van der Waals surface area (Å²) in [6.45, 7) is 10.6. The van der Waals surface area contributed by atoms with Crippen molar-refractivity contribution in [1.29, 1.82) is 0 Å². The smallest absolute Gasteiger partial charge is 0.406 e. The van der Waals surface area contributed by atoms with Gasteiger partial charge in [-0.2, -0.15) is 0 Å². The van der Waals surface area contributed by atoms with Crippen LogP contribution >= 0.6 is 0 Å². The Bertz CT molecular complexity index is 986. The summed E-state index contributed by atoms with van der Waals surface area (Å²) < 4.78 is 43.7. The van der Waals surface area contributed by atoms with Crippen LogP contribution in [-0.2, 0) is 13.6 Å². The molecule has 4 rings (SSSR count). The fraction of sp³-hybridized carbons (Fsp3) is 0.583. The third-order valence-corrected chi connectivity index (χ3v) is 6.29. The molecule has 9 heteroatoms. The molecule has 6 nitrogen and oxygen atoms in total. The maximum Gasteiger partial charge on any atom is 0.573 e. The Hall–Kier alpha value is -2.55. The van der Waals surface area contributed by atoms with Gasteiger partial charge in [-0.3, -0.25) is 4.79 Å². The molecule has 2 unspecified atom stereocenters. The summed E-state index contributed by atoms with van der Waals surface area (Å²) in [5.41, 5.74) is 1.16. The van der Waals surface area contributed by atoms with Gasteiger partial charge in [-0.05, 0) is 40.9 Å². The lowest BCUT2D eigenvalue weighted by molar-refractivity contribution is -0.274. The highest BCUT2D eigenvalue weighted by molar-refractivity contribution is 5.92. The van der Waals surface area contributed by atoms with Gasteiger partial charge in [0.2, 0.25) is 0 Å². The van der Waals surface area contributed by atoms with Crippen LogP contribution in [0.2, 0.25) is 0 Å². The van der Waals surface area contributed by atoms with Crippen LogP contribution in [0.3, 0.4) is 0 Å². The number of carbonyl (C=O) groups is 1. The molecule has 180 valence electrons. The molecule has 0 radical (unpaired) electrons. The Balaban J connectivity index is 1.46. The standard InChI is InChI=1S/C24H31F3N4O2/c1-23(2,3)14-30-10-18-19(11-30)20(18)12-31(22(32)21-13-29(4)15-28-21)9-16-6-5-7-17(8-16)33-24(25,26)27/h5-8,13,15,18-20H,9-12,14H2,1-4H3.